The van der Waals surface area contributed by atoms with Gasteiger partial charge in [-0.2, -0.15) is 0 Å². The lowest BCUT2D eigenvalue weighted by molar-refractivity contribution is -0.122. The number of carbonyl (C=O) groups is 2. The van der Waals surface area contributed by atoms with Crippen LogP contribution in [0.1, 0.15) is 17.0 Å². The molecule has 2 aromatic rings. The van der Waals surface area contributed by atoms with E-state index in [1.54, 1.807) is 6.07 Å². The number of nitrogens with zero attached hydrogens (tertiary/aromatic N) is 2. The van der Waals surface area contributed by atoms with E-state index < -0.39 is 17.6 Å². The smallest absolute Gasteiger partial charge is 0.270 e. The third-order valence-corrected chi connectivity index (χ3v) is 4.59. The Morgan fingerprint density at radius 2 is 1.88 bits per heavy atom. The maximum atomic E-state index is 14.1. The Balaban J connectivity index is 2.08. The molecule has 25 heavy (non-hydrogen) atoms. The number of aryl methyl sites for hydroxylation is 1. The van der Waals surface area contributed by atoms with Gasteiger partial charge in [-0.25, -0.2) is 9.29 Å². The van der Waals surface area contributed by atoms with Crippen LogP contribution in [0.25, 0.3) is 6.08 Å². The molecule has 1 aliphatic heterocycles. The van der Waals surface area contributed by atoms with Crippen molar-refractivity contribution >= 4 is 40.9 Å². The van der Waals surface area contributed by atoms with Crippen molar-refractivity contribution in [2.75, 3.05) is 4.90 Å². The lowest BCUT2D eigenvalue weighted by Crippen LogP contribution is -2.54. The minimum Gasteiger partial charge on any atom is -0.352 e. The monoisotopic (exact) mass is 357 g/mol. The van der Waals surface area contributed by atoms with Crippen molar-refractivity contribution in [3.8, 4) is 0 Å². The molecule has 2 amide bonds. The number of hydrogen-bond donors (Lipinski definition) is 1. The molecule has 2 heterocycles. The number of aromatic nitrogens is 1. The highest BCUT2D eigenvalue weighted by atomic mass is 32.1. The standard InChI is InChI=1S/C18H16FN3O2S/c1-10-8-12(11(2)21(10)3)9-13-16(23)20-18(25)22(17(13)24)15-7-5-4-6-14(15)19/h4-9H,1-3H3,(H,20,23,25)/b13-9+. The van der Waals surface area contributed by atoms with Crippen molar-refractivity contribution < 1.29 is 14.0 Å². The van der Waals surface area contributed by atoms with Gasteiger partial charge in [0.05, 0.1) is 5.69 Å². The van der Waals surface area contributed by atoms with E-state index in [-0.39, 0.29) is 16.4 Å². The zero-order chi connectivity index (χ0) is 18.3. The lowest BCUT2D eigenvalue weighted by Gasteiger charge is -2.29. The Kier molecular flexibility index (Phi) is 4.26. The first-order valence-electron chi connectivity index (χ1n) is 7.60. The average Bonchev–Trinajstić information content (AvgIpc) is 2.80. The summed E-state index contributed by atoms with van der Waals surface area (Å²) in [7, 11) is 1.90. The normalized spacial score (nSPS) is 16.6. The van der Waals surface area contributed by atoms with Crippen LogP contribution >= 0.6 is 12.2 Å². The third-order valence-electron chi connectivity index (χ3n) is 4.31. The first kappa shape index (κ1) is 17.0. The predicted molar refractivity (Wildman–Crippen MR) is 97.5 cm³/mol. The Morgan fingerprint density at radius 1 is 1.20 bits per heavy atom. The molecule has 128 valence electrons. The van der Waals surface area contributed by atoms with Gasteiger partial charge in [-0.1, -0.05) is 12.1 Å². The molecular weight excluding hydrogens is 341 g/mol. The van der Waals surface area contributed by atoms with Gasteiger partial charge in [-0.15, -0.1) is 0 Å². The van der Waals surface area contributed by atoms with Gasteiger partial charge in [0.2, 0.25) is 0 Å². The number of carbonyl (C=O) groups excluding carboxylic acids is 2. The van der Waals surface area contributed by atoms with Gasteiger partial charge in [0.25, 0.3) is 11.8 Å². The summed E-state index contributed by atoms with van der Waals surface area (Å²) < 4.78 is 16.1. The summed E-state index contributed by atoms with van der Waals surface area (Å²) in [6.45, 7) is 3.82. The number of hydrogen-bond acceptors (Lipinski definition) is 3. The molecule has 7 heteroatoms. The summed E-state index contributed by atoms with van der Waals surface area (Å²) in [4.78, 5) is 26.1. The minimum atomic E-state index is -0.653. The molecule has 3 rings (SSSR count). The van der Waals surface area contributed by atoms with Crippen LogP contribution in [-0.4, -0.2) is 21.5 Å². The molecule has 1 fully saturated rings. The number of anilines is 1. The van der Waals surface area contributed by atoms with Crippen LogP contribution in [0.5, 0.6) is 0 Å². The molecule has 1 saturated heterocycles. The maximum absolute atomic E-state index is 14.1. The van der Waals surface area contributed by atoms with Crippen LogP contribution in [0.15, 0.2) is 35.9 Å². The van der Waals surface area contributed by atoms with Gasteiger partial charge >= 0.3 is 0 Å². The van der Waals surface area contributed by atoms with E-state index in [4.69, 9.17) is 12.2 Å². The molecule has 0 atom stereocenters. The predicted octanol–water partition coefficient (Wildman–Crippen LogP) is 2.61. The summed E-state index contributed by atoms with van der Waals surface area (Å²) in [5.41, 5.74) is 2.57. The van der Waals surface area contributed by atoms with E-state index in [0.717, 1.165) is 21.9 Å². The fourth-order valence-electron chi connectivity index (χ4n) is 2.70. The Labute approximate surface area is 149 Å². The number of rotatable bonds is 2. The van der Waals surface area contributed by atoms with Crippen LogP contribution in [0.2, 0.25) is 0 Å². The van der Waals surface area contributed by atoms with E-state index >= 15 is 0 Å². The first-order chi connectivity index (χ1) is 11.8. The van der Waals surface area contributed by atoms with Gasteiger partial charge in [-0.05, 0) is 55.9 Å². The minimum absolute atomic E-state index is 0.00404. The molecule has 1 N–H and O–H groups in total. The zero-order valence-electron chi connectivity index (χ0n) is 14.0. The van der Waals surface area contributed by atoms with E-state index in [0.29, 0.717) is 0 Å². The molecule has 0 spiro atoms. The Bertz CT molecular complexity index is 946. The second kappa shape index (κ2) is 6.25. The highest BCUT2D eigenvalue weighted by molar-refractivity contribution is 7.80. The summed E-state index contributed by atoms with van der Waals surface area (Å²) in [5, 5.41) is 2.31. The quantitative estimate of drug-likeness (QED) is 0.511. The van der Waals surface area contributed by atoms with Crippen molar-refractivity contribution in [2.24, 2.45) is 7.05 Å². The van der Waals surface area contributed by atoms with Crippen molar-refractivity contribution in [2.45, 2.75) is 13.8 Å². The lowest BCUT2D eigenvalue weighted by atomic mass is 10.1. The highest BCUT2D eigenvalue weighted by Gasteiger charge is 2.35. The number of nitrogens with one attached hydrogen (secondary N) is 1. The van der Waals surface area contributed by atoms with Crippen LogP contribution in [0.4, 0.5) is 10.1 Å². The summed E-state index contributed by atoms with van der Waals surface area (Å²) in [5.74, 6) is -1.84. The number of benzene rings is 1. The van der Waals surface area contributed by atoms with Crippen LogP contribution < -0.4 is 10.2 Å². The molecular formula is C18H16FN3O2S. The van der Waals surface area contributed by atoms with Crippen LogP contribution in [-0.2, 0) is 16.6 Å². The number of para-hydroxylation sites is 1. The van der Waals surface area contributed by atoms with Crippen LogP contribution in [0, 0.1) is 19.7 Å². The zero-order valence-corrected chi connectivity index (χ0v) is 14.8. The number of halogens is 1. The van der Waals surface area contributed by atoms with E-state index in [1.807, 2.05) is 31.5 Å². The Morgan fingerprint density at radius 3 is 2.48 bits per heavy atom. The maximum Gasteiger partial charge on any atom is 0.270 e. The van der Waals surface area contributed by atoms with E-state index in [9.17, 15) is 14.0 Å². The highest BCUT2D eigenvalue weighted by Crippen LogP contribution is 2.25. The van der Waals surface area contributed by atoms with E-state index in [1.165, 1.54) is 24.3 Å². The van der Waals surface area contributed by atoms with Crippen molar-refractivity contribution in [3.63, 3.8) is 0 Å². The molecule has 1 aromatic heterocycles. The molecule has 0 aliphatic carbocycles. The summed E-state index contributed by atoms with van der Waals surface area (Å²) >= 11 is 5.07. The molecule has 0 saturated carbocycles. The van der Waals surface area contributed by atoms with Gasteiger partial charge in [0, 0.05) is 18.4 Å². The molecule has 5 nitrogen and oxygen atoms in total. The fourth-order valence-corrected chi connectivity index (χ4v) is 2.97. The van der Waals surface area contributed by atoms with Gasteiger partial charge in [0.1, 0.15) is 11.4 Å². The number of thiocarbonyl (C=S) groups is 1. The largest absolute Gasteiger partial charge is 0.352 e. The number of amides is 2. The molecule has 1 aromatic carbocycles. The SMILES string of the molecule is Cc1cc(/C=C2\C(=O)NC(=S)N(c3ccccc3F)C2=O)c(C)n1C. The average molecular weight is 357 g/mol. The van der Waals surface area contributed by atoms with Crippen molar-refractivity contribution in [1.82, 2.24) is 9.88 Å². The van der Waals surface area contributed by atoms with Gasteiger partial charge in [0.15, 0.2) is 5.11 Å². The molecule has 0 radical (unpaired) electrons. The summed E-state index contributed by atoms with van der Waals surface area (Å²) in [6, 6.07) is 7.66. The second-order valence-electron chi connectivity index (χ2n) is 5.79. The molecule has 0 unspecified atom stereocenters. The van der Waals surface area contributed by atoms with Crippen molar-refractivity contribution in [1.29, 1.82) is 0 Å². The van der Waals surface area contributed by atoms with Gasteiger partial charge in [-0.3, -0.25) is 14.9 Å². The molecule has 0 bridgehead atoms. The fraction of sp³-hybridized carbons (Fsp3) is 0.167. The Hall–Kier alpha value is -2.80. The van der Waals surface area contributed by atoms with Gasteiger partial charge < -0.3 is 4.57 Å². The van der Waals surface area contributed by atoms with E-state index in [2.05, 4.69) is 5.32 Å². The molecule has 1 aliphatic rings. The van der Waals surface area contributed by atoms with Crippen LogP contribution in [0.3, 0.4) is 0 Å². The van der Waals surface area contributed by atoms with Crippen molar-refractivity contribution in [3.05, 3.63) is 58.7 Å². The second-order valence-corrected chi connectivity index (χ2v) is 6.18. The third kappa shape index (κ3) is 2.87. The summed E-state index contributed by atoms with van der Waals surface area (Å²) in [6.07, 6.45) is 1.51. The topological polar surface area (TPSA) is 54.3 Å². The first-order valence-corrected chi connectivity index (χ1v) is 8.01.